The number of Topliss-reactive ketones (excluding diaryl/α,β-unsaturated/α-hetero) is 1. The molecule has 2 aromatic carbocycles. The number of aromatic nitrogens is 5. The lowest BCUT2D eigenvalue weighted by molar-refractivity contribution is -0.115. The molecule has 2 aromatic heterocycles. The number of hydrogen-bond acceptors (Lipinski definition) is 10. The van der Waals surface area contributed by atoms with Crippen molar-refractivity contribution in [3.8, 4) is 23.0 Å². The molecule has 2 unspecified atom stereocenters. The van der Waals surface area contributed by atoms with Crippen LogP contribution in [0.5, 0.6) is 23.0 Å². The van der Waals surface area contributed by atoms with Gasteiger partial charge in [0.25, 0.3) is 5.56 Å². The molecule has 264 valence electrons. The summed E-state index contributed by atoms with van der Waals surface area (Å²) in [5.41, 5.74) is 1.04. The van der Waals surface area contributed by atoms with Crippen molar-refractivity contribution in [2.75, 3.05) is 21.3 Å². The van der Waals surface area contributed by atoms with E-state index in [1.807, 2.05) is 0 Å². The number of benzene rings is 2. The Balaban J connectivity index is 1.32. The molecule has 0 bridgehead atoms. The van der Waals surface area contributed by atoms with E-state index in [1.165, 1.54) is 41.3 Å². The topological polar surface area (TPSA) is 166 Å². The summed E-state index contributed by atoms with van der Waals surface area (Å²) >= 11 is 10.2. The lowest BCUT2D eigenvalue weighted by Crippen LogP contribution is -2.40. The minimum Gasteiger partial charge on any atom is -0.503 e. The molecule has 0 amide bonds. The third-order valence-electron chi connectivity index (χ3n) is 9.60. The summed E-state index contributed by atoms with van der Waals surface area (Å²) in [7, 11) is 5.97. The number of phenols is 1. The summed E-state index contributed by atoms with van der Waals surface area (Å²) in [4.78, 5) is 73.1. The molecule has 0 saturated heterocycles. The lowest BCUT2D eigenvalue weighted by atomic mass is 9.69. The van der Waals surface area contributed by atoms with Gasteiger partial charge < -0.3 is 23.9 Å². The maximum Gasteiger partial charge on any atom is 0.347 e. The number of methoxy groups -OCH3 is 3. The van der Waals surface area contributed by atoms with E-state index in [2.05, 4.69) is 52.8 Å². The molecule has 1 aliphatic heterocycles. The van der Waals surface area contributed by atoms with Crippen LogP contribution in [-0.2, 0) is 36.1 Å². The first-order valence-corrected chi connectivity index (χ1v) is 17.9. The Hall–Kier alpha value is -4.48. The second kappa shape index (κ2) is 12.9. The monoisotopic (exact) mass is 887 g/mol. The number of ketones is 2. The number of halogens is 3. The fourth-order valence-corrected chi connectivity index (χ4v) is 8.54. The first kappa shape index (κ1) is 34.9. The molecule has 0 fully saturated rings. The molecule has 51 heavy (non-hydrogen) atoms. The van der Waals surface area contributed by atoms with Gasteiger partial charge in [-0.2, -0.15) is 0 Å². The van der Waals surface area contributed by atoms with Crippen LogP contribution in [0, 0.1) is 0 Å². The minimum atomic E-state index is -0.841. The number of fused-ring (bicyclic) bond motifs is 4. The van der Waals surface area contributed by atoms with Crippen molar-refractivity contribution in [2.24, 2.45) is 7.05 Å². The second-order valence-corrected chi connectivity index (χ2v) is 14.5. The van der Waals surface area contributed by atoms with Crippen LogP contribution in [-0.4, -0.2) is 61.5 Å². The maximum absolute atomic E-state index is 14.2. The number of allylic oxidation sites excluding steroid dienone is 6. The second-order valence-electron chi connectivity index (χ2n) is 12.1. The zero-order valence-electron chi connectivity index (χ0n) is 27.5. The van der Waals surface area contributed by atoms with Crippen LogP contribution < -0.4 is 31.1 Å². The zero-order chi connectivity index (χ0) is 36.6. The number of nitrogens with zero attached hydrogens (tertiary/aromatic N) is 5. The highest BCUT2D eigenvalue weighted by Crippen LogP contribution is 2.54. The molecule has 0 saturated carbocycles. The molecular weight excluding hydrogens is 862 g/mol. The number of rotatable bonds is 7. The molecule has 3 aliphatic rings. The SMILES string of the molecule is COc1cc2nc(CCn3c(=O)n4n(c3=O)C3CC5=C(C(=O)C=C(Br)C5=O)C(c5cc(OC)c(O)c(Br)c5Br)C3=CC4)c(=O)n(C)c2cc1OC. The largest absolute Gasteiger partial charge is 0.503 e. The van der Waals surface area contributed by atoms with Gasteiger partial charge in [0, 0.05) is 66.2 Å². The van der Waals surface area contributed by atoms with Gasteiger partial charge >= 0.3 is 11.4 Å². The van der Waals surface area contributed by atoms with Crippen molar-refractivity contribution in [1.82, 2.24) is 23.5 Å². The number of aromatic hydroxyl groups is 1. The summed E-state index contributed by atoms with van der Waals surface area (Å²) in [6.07, 6.45) is 2.96. The average molecular weight is 890 g/mol. The fraction of sp³-hybridized carbons (Fsp3) is 0.294. The molecule has 2 atom stereocenters. The summed E-state index contributed by atoms with van der Waals surface area (Å²) in [6, 6.07) is 4.06. The van der Waals surface area contributed by atoms with Gasteiger partial charge in [-0.25, -0.2) is 28.5 Å². The predicted molar refractivity (Wildman–Crippen MR) is 195 cm³/mol. The Kier molecular flexibility index (Phi) is 8.86. The Morgan fingerprint density at radius 3 is 2.29 bits per heavy atom. The smallest absolute Gasteiger partial charge is 0.347 e. The van der Waals surface area contributed by atoms with Crippen molar-refractivity contribution < 1.29 is 28.9 Å². The summed E-state index contributed by atoms with van der Waals surface area (Å²) in [5, 5.41) is 10.7. The van der Waals surface area contributed by atoms with E-state index in [9.17, 15) is 29.1 Å². The molecule has 2 aliphatic carbocycles. The highest BCUT2D eigenvalue weighted by Gasteiger charge is 2.46. The van der Waals surface area contributed by atoms with E-state index < -0.39 is 34.7 Å². The maximum atomic E-state index is 14.2. The lowest BCUT2D eigenvalue weighted by Gasteiger charge is -2.39. The molecule has 0 radical (unpaired) electrons. The normalized spacial score (nSPS) is 18.3. The van der Waals surface area contributed by atoms with Gasteiger partial charge in [-0.3, -0.25) is 14.4 Å². The standard InChI is InChI=1S/C34H28Br3N5O9/c1-39-21-13-24(50-3)23(49-2)12-19(21)38-18(32(39)46)6-7-40-33(47)41-8-5-14-20(42(41)34(40)48)9-16-27(22(43)11-17(35)30(16)44)26(14)15-10-25(51-4)31(45)29(37)28(15)36/h5,10-13,20,26,45H,6-9H2,1-4H3. The van der Waals surface area contributed by atoms with E-state index in [4.69, 9.17) is 14.2 Å². The summed E-state index contributed by atoms with van der Waals surface area (Å²) in [6.45, 7) is -0.149. The summed E-state index contributed by atoms with van der Waals surface area (Å²) < 4.78 is 22.1. The number of hydrogen-bond donors (Lipinski definition) is 1. The Bertz CT molecular complexity index is 2520. The summed E-state index contributed by atoms with van der Waals surface area (Å²) in [5.74, 6) is -0.822. The average Bonchev–Trinajstić information content (AvgIpc) is 3.37. The first-order chi connectivity index (χ1) is 24.3. The van der Waals surface area contributed by atoms with Crippen molar-refractivity contribution in [2.45, 2.75) is 37.9 Å². The number of aryl methyl sites for hydroxylation is 2. The number of phenolic OH excluding ortho intramolecular Hbond substituents is 1. The predicted octanol–water partition coefficient (Wildman–Crippen LogP) is 3.95. The molecule has 7 rings (SSSR count). The van der Waals surface area contributed by atoms with E-state index in [-0.39, 0.29) is 69.0 Å². The van der Waals surface area contributed by atoms with E-state index in [0.717, 1.165) is 4.57 Å². The van der Waals surface area contributed by atoms with Crippen LogP contribution in [0.3, 0.4) is 0 Å². The van der Waals surface area contributed by atoms with Gasteiger partial charge in [0.2, 0.25) is 0 Å². The minimum absolute atomic E-state index is 0.000679. The van der Waals surface area contributed by atoms with Gasteiger partial charge in [0.15, 0.2) is 34.6 Å². The molecule has 1 N–H and O–H groups in total. The van der Waals surface area contributed by atoms with E-state index in [1.54, 1.807) is 31.3 Å². The Morgan fingerprint density at radius 1 is 0.922 bits per heavy atom. The highest BCUT2D eigenvalue weighted by atomic mass is 79.9. The Labute approximate surface area is 313 Å². The molecule has 0 spiro atoms. The van der Waals surface area contributed by atoms with Gasteiger partial charge in [-0.1, -0.05) is 6.08 Å². The number of carbonyl (C=O) groups is 2. The van der Waals surface area contributed by atoms with E-state index >= 15 is 0 Å². The van der Waals surface area contributed by atoms with Crippen LogP contribution >= 0.6 is 47.8 Å². The van der Waals surface area contributed by atoms with Gasteiger partial charge in [0.1, 0.15) is 5.69 Å². The zero-order valence-corrected chi connectivity index (χ0v) is 32.2. The number of carbonyl (C=O) groups excluding carboxylic acids is 2. The van der Waals surface area contributed by atoms with E-state index in [0.29, 0.717) is 38.1 Å². The molecular formula is C34H28Br3N5O9. The first-order valence-electron chi connectivity index (χ1n) is 15.5. The molecule has 14 nitrogen and oxygen atoms in total. The fourth-order valence-electron chi connectivity index (χ4n) is 7.14. The molecule has 17 heteroatoms. The van der Waals surface area contributed by atoms with Crippen molar-refractivity contribution >= 4 is 70.4 Å². The van der Waals surface area contributed by atoms with Gasteiger partial charge in [0.05, 0.1) is 53.9 Å². The van der Waals surface area contributed by atoms with Gasteiger partial charge in [-0.15, -0.1) is 0 Å². The van der Waals surface area contributed by atoms with Crippen molar-refractivity contribution in [3.05, 3.63) is 103 Å². The Morgan fingerprint density at radius 2 is 1.61 bits per heavy atom. The molecule has 3 heterocycles. The number of ether oxygens (including phenoxy) is 3. The third kappa shape index (κ3) is 5.30. The highest BCUT2D eigenvalue weighted by molar-refractivity contribution is 9.13. The van der Waals surface area contributed by atoms with Crippen LogP contribution in [0.2, 0.25) is 0 Å². The third-order valence-corrected chi connectivity index (χ3v) is 12.4. The van der Waals surface area contributed by atoms with Crippen molar-refractivity contribution in [1.29, 1.82) is 0 Å². The quantitative estimate of drug-likeness (QED) is 0.212. The van der Waals surface area contributed by atoms with Crippen molar-refractivity contribution in [3.63, 3.8) is 0 Å². The van der Waals surface area contributed by atoms with Crippen LogP contribution in [0.15, 0.2) is 74.9 Å². The van der Waals surface area contributed by atoms with Crippen LogP contribution in [0.4, 0.5) is 0 Å². The van der Waals surface area contributed by atoms with Gasteiger partial charge in [-0.05, 0) is 65.0 Å². The molecule has 4 aromatic rings. The van der Waals surface area contributed by atoms with Crippen LogP contribution in [0.25, 0.3) is 11.0 Å². The van der Waals surface area contributed by atoms with Crippen LogP contribution in [0.1, 0.15) is 29.6 Å².